The van der Waals surface area contributed by atoms with Crippen LogP contribution in [0.15, 0.2) is 30.3 Å². The van der Waals surface area contributed by atoms with E-state index in [-0.39, 0.29) is 35.0 Å². The molecule has 10 heteroatoms. The van der Waals surface area contributed by atoms with Crippen LogP contribution in [-0.2, 0) is 16.8 Å². The Labute approximate surface area is 142 Å². The van der Waals surface area contributed by atoms with E-state index in [0.717, 1.165) is 6.07 Å². The molecule has 0 bridgehead atoms. The summed E-state index contributed by atoms with van der Waals surface area (Å²) in [6.07, 6.45) is -2.20. The molecular formula is C15H14O9S. The molecule has 3 rings (SSSR count). The van der Waals surface area contributed by atoms with Gasteiger partial charge in [-0.2, -0.15) is 8.42 Å². The number of phenolic OH excluding ortho intramolecular Hbond substituents is 3. The van der Waals surface area contributed by atoms with Crippen LogP contribution in [0, 0.1) is 0 Å². The van der Waals surface area contributed by atoms with Crippen LogP contribution < -0.4 is 8.92 Å². The predicted octanol–water partition coefficient (Wildman–Crippen LogP) is 1.02. The molecule has 5 N–H and O–H groups in total. The van der Waals surface area contributed by atoms with Crippen molar-refractivity contribution in [3.05, 3.63) is 41.5 Å². The van der Waals surface area contributed by atoms with Crippen molar-refractivity contribution in [3.63, 3.8) is 0 Å². The van der Waals surface area contributed by atoms with Gasteiger partial charge in [0.1, 0.15) is 17.6 Å². The third-order valence-electron chi connectivity index (χ3n) is 3.69. The summed E-state index contributed by atoms with van der Waals surface area (Å²) in [7, 11) is -4.83. The summed E-state index contributed by atoms with van der Waals surface area (Å²) in [5, 5.41) is 39.0. The number of fused-ring (bicyclic) bond motifs is 1. The van der Waals surface area contributed by atoms with Gasteiger partial charge in [-0.15, -0.1) is 0 Å². The second kappa shape index (κ2) is 5.99. The average Bonchev–Trinajstić information content (AvgIpc) is 2.49. The molecular weight excluding hydrogens is 356 g/mol. The van der Waals surface area contributed by atoms with Gasteiger partial charge in [0.15, 0.2) is 17.2 Å². The van der Waals surface area contributed by atoms with E-state index >= 15 is 0 Å². The number of hydrogen-bond acceptors (Lipinski definition) is 8. The van der Waals surface area contributed by atoms with E-state index in [1.165, 1.54) is 24.3 Å². The van der Waals surface area contributed by atoms with Gasteiger partial charge < -0.3 is 29.3 Å². The highest BCUT2D eigenvalue weighted by molar-refractivity contribution is 7.81. The summed E-state index contributed by atoms with van der Waals surface area (Å²) in [5.74, 6) is -1.44. The first-order valence-corrected chi connectivity index (χ1v) is 8.40. The number of aromatic hydroxyl groups is 3. The van der Waals surface area contributed by atoms with Crippen LogP contribution >= 0.6 is 0 Å². The normalized spacial score (nSPS) is 19.8. The Hall–Kier alpha value is -2.69. The molecule has 134 valence electrons. The van der Waals surface area contributed by atoms with E-state index in [2.05, 4.69) is 4.18 Å². The number of aliphatic hydroxyl groups is 1. The van der Waals surface area contributed by atoms with Crippen molar-refractivity contribution >= 4 is 10.4 Å². The summed E-state index contributed by atoms with van der Waals surface area (Å²) in [4.78, 5) is 0. The summed E-state index contributed by atoms with van der Waals surface area (Å²) in [5.41, 5.74) is 0.496. The number of aliphatic hydroxyl groups excluding tert-OH is 1. The van der Waals surface area contributed by atoms with E-state index in [1.54, 1.807) is 0 Å². The summed E-state index contributed by atoms with van der Waals surface area (Å²) in [6, 6.07) is 6.05. The zero-order chi connectivity index (χ0) is 18.4. The third-order valence-corrected chi connectivity index (χ3v) is 4.08. The van der Waals surface area contributed by atoms with Gasteiger partial charge >= 0.3 is 10.4 Å². The summed E-state index contributed by atoms with van der Waals surface area (Å²) in [6.45, 7) is 0. The highest BCUT2D eigenvalue weighted by Crippen LogP contribution is 2.43. The van der Waals surface area contributed by atoms with Gasteiger partial charge in [-0.1, -0.05) is 6.07 Å². The number of ether oxygens (including phenoxy) is 1. The van der Waals surface area contributed by atoms with Crippen molar-refractivity contribution in [3.8, 4) is 28.7 Å². The fraction of sp³-hybridized carbons (Fsp3) is 0.200. The molecule has 25 heavy (non-hydrogen) atoms. The molecule has 0 radical (unpaired) electrons. The van der Waals surface area contributed by atoms with Crippen molar-refractivity contribution in [2.75, 3.05) is 0 Å². The number of hydrogen-bond donors (Lipinski definition) is 5. The van der Waals surface area contributed by atoms with Crippen LogP contribution in [0.1, 0.15) is 17.2 Å². The lowest BCUT2D eigenvalue weighted by Crippen LogP contribution is -2.30. The maximum absolute atomic E-state index is 10.9. The molecule has 1 heterocycles. The maximum atomic E-state index is 10.9. The van der Waals surface area contributed by atoms with Crippen molar-refractivity contribution in [2.24, 2.45) is 0 Å². The van der Waals surface area contributed by atoms with Gasteiger partial charge in [-0.05, 0) is 17.7 Å². The van der Waals surface area contributed by atoms with Gasteiger partial charge in [-0.3, -0.25) is 4.55 Å². The zero-order valence-corrected chi connectivity index (χ0v) is 13.3. The lowest BCUT2D eigenvalue weighted by atomic mass is 9.94. The van der Waals surface area contributed by atoms with Crippen LogP contribution in [0.5, 0.6) is 28.7 Å². The zero-order valence-electron chi connectivity index (χ0n) is 12.5. The SMILES string of the molecule is O=S(=O)(O)Oc1cc(O)cc2c1C[C@H](O)[C@@H](c1ccc(O)c(O)c1)O2. The first kappa shape index (κ1) is 17.1. The topological polar surface area (TPSA) is 154 Å². The Kier molecular flexibility index (Phi) is 4.11. The largest absolute Gasteiger partial charge is 0.508 e. The number of benzene rings is 2. The molecule has 0 saturated heterocycles. The lowest BCUT2D eigenvalue weighted by Gasteiger charge is -2.31. The summed E-state index contributed by atoms with van der Waals surface area (Å²) >= 11 is 0. The minimum atomic E-state index is -4.83. The predicted molar refractivity (Wildman–Crippen MR) is 83.1 cm³/mol. The van der Waals surface area contributed by atoms with Gasteiger partial charge in [0, 0.05) is 24.1 Å². The molecule has 1 aliphatic heterocycles. The van der Waals surface area contributed by atoms with E-state index in [9.17, 15) is 28.8 Å². The van der Waals surface area contributed by atoms with Crippen LogP contribution in [-0.4, -0.2) is 39.5 Å². The van der Waals surface area contributed by atoms with Crippen molar-refractivity contribution in [2.45, 2.75) is 18.6 Å². The molecule has 9 nitrogen and oxygen atoms in total. The Morgan fingerprint density at radius 3 is 2.44 bits per heavy atom. The molecule has 2 aromatic carbocycles. The maximum Gasteiger partial charge on any atom is 0.446 e. The first-order chi connectivity index (χ1) is 11.6. The first-order valence-electron chi connectivity index (χ1n) is 7.03. The standard InChI is InChI=1S/C15H14O9S/c16-8-4-13-9(14(5-8)24-25(20,21)22)6-12(19)15(23-13)7-1-2-10(17)11(18)3-7/h1-5,12,15-19H,6H2,(H,20,21,22)/t12-,15+/m0/s1. The van der Waals surface area contributed by atoms with Crippen LogP contribution in [0.25, 0.3) is 0 Å². The Morgan fingerprint density at radius 1 is 1.08 bits per heavy atom. The average molecular weight is 370 g/mol. The van der Waals surface area contributed by atoms with Gasteiger partial charge in [-0.25, -0.2) is 0 Å². The smallest absolute Gasteiger partial charge is 0.446 e. The minimum Gasteiger partial charge on any atom is -0.508 e. The monoisotopic (exact) mass is 370 g/mol. The van der Waals surface area contributed by atoms with Crippen molar-refractivity contribution in [1.29, 1.82) is 0 Å². The van der Waals surface area contributed by atoms with E-state index in [1.807, 2.05) is 0 Å². The van der Waals surface area contributed by atoms with E-state index in [0.29, 0.717) is 5.56 Å². The van der Waals surface area contributed by atoms with Crippen LogP contribution in [0.2, 0.25) is 0 Å². The lowest BCUT2D eigenvalue weighted by molar-refractivity contribution is 0.0199. The molecule has 0 aromatic heterocycles. The molecule has 0 saturated carbocycles. The van der Waals surface area contributed by atoms with Gasteiger partial charge in [0.05, 0.1) is 6.10 Å². The summed E-state index contributed by atoms with van der Waals surface area (Å²) < 4.78 is 40.7. The third kappa shape index (κ3) is 3.55. The molecule has 2 aromatic rings. The van der Waals surface area contributed by atoms with Gasteiger partial charge in [0.2, 0.25) is 0 Å². The Bertz CT molecular complexity index is 923. The Morgan fingerprint density at radius 2 is 1.80 bits per heavy atom. The van der Waals surface area contributed by atoms with Crippen molar-refractivity contribution < 1.29 is 42.3 Å². The molecule has 2 atom stereocenters. The Balaban J connectivity index is 2.01. The quantitative estimate of drug-likeness (QED) is 0.393. The van der Waals surface area contributed by atoms with Crippen LogP contribution in [0.3, 0.4) is 0 Å². The molecule has 0 fully saturated rings. The highest BCUT2D eigenvalue weighted by Gasteiger charge is 2.33. The highest BCUT2D eigenvalue weighted by atomic mass is 32.3. The fourth-order valence-corrected chi connectivity index (χ4v) is 3.01. The van der Waals surface area contributed by atoms with E-state index in [4.69, 9.17) is 9.29 Å². The minimum absolute atomic E-state index is 0.0431. The molecule has 0 unspecified atom stereocenters. The van der Waals surface area contributed by atoms with E-state index < -0.39 is 28.4 Å². The molecule has 0 amide bonds. The second-order valence-electron chi connectivity index (χ2n) is 5.49. The number of rotatable bonds is 3. The molecule has 1 aliphatic rings. The second-order valence-corrected chi connectivity index (χ2v) is 6.51. The van der Waals surface area contributed by atoms with Crippen LogP contribution in [0.4, 0.5) is 0 Å². The van der Waals surface area contributed by atoms with Crippen molar-refractivity contribution in [1.82, 2.24) is 0 Å². The molecule has 0 spiro atoms. The fourth-order valence-electron chi connectivity index (χ4n) is 2.64. The molecule has 0 aliphatic carbocycles. The van der Waals surface area contributed by atoms with Gasteiger partial charge in [0.25, 0.3) is 0 Å². The number of phenols is 3.